The second kappa shape index (κ2) is 6.24. The van der Waals surface area contributed by atoms with E-state index in [1.165, 1.54) is 0 Å². The van der Waals surface area contributed by atoms with Crippen molar-refractivity contribution in [1.82, 2.24) is 9.62 Å². The number of hydrogen-bond acceptors (Lipinski definition) is 3. The lowest BCUT2D eigenvalue weighted by molar-refractivity contribution is -0.129. The molecule has 6 heteroatoms. The van der Waals surface area contributed by atoms with Gasteiger partial charge in [0, 0.05) is 25.0 Å². The molecule has 1 aromatic rings. The number of likely N-dealkylation sites (tertiary alicyclic amines) is 1. The molecule has 1 unspecified atom stereocenters. The molecule has 0 spiro atoms. The van der Waals surface area contributed by atoms with Crippen LogP contribution in [0.2, 0.25) is 0 Å². The topological polar surface area (TPSA) is 66.5 Å². The minimum atomic E-state index is -3.61. The Balaban J connectivity index is 2.12. The molecule has 5 nitrogen and oxygen atoms in total. The number of nitrogens with zero attached hydrogens (tertiary/aromatic N) is 1. The third kappa shape index (κ3) is 4.12. The van der Waals surface area contributed by atoms with Gasteiger partial charge in [0.15, 0.2) is 0 Å². The first-order valence-electron chi connectivity index (χ1n) is 7.93. The third-order valence-electron chi connectivity index (χ3n) is 4.13. The van der Waals surface area contributed by atoms with Crippen LogP contribution in [0.5, 0.6) is 0 Å². The Morgan fingerprint density at radius 3 is 2.17 bits per heavy atom. The predicted molar refractivity (Wildman–Crippen MR) is 90.7 cm³/mol. The van der Waals surface area contributed by atoms with Crippen LogP contribution in [0.3, 0.4) is 0 Å². The molecule has 1 atom stereocenters. The monoisotopic (exact) mass is 338 g/mol. The smallest absolute Gasteiger partial charge is 0.240 e. The van der Waals surface area contributed by atoms with Crippen molar-refractivity contribution in [1.29, 1.82) is 0 Å². The number of benzene rings is 1. The lowest BCUT2D eigenvalue weighted by Crippen LogP contribution is -2.38. The van der Waals surface area contributed by atoms with Gasteiger partial charge in [-0.3, -0.25) is 4.79 Å². The van der Waals surface area contributed by atoms with E-state index in [2.05, 4.69) is 25.5 Å². The Kier molecular flexibility index (Phi) is 4.87. The van der Waals surface area contributed by atoms with Crippen LogP contribution >= 0.6 is 0 Å². The Hall–Kier alpha value is -1.40. The highest BCUT2D eigenvalue weighted by Crippen LogP contribution is 2.24. The summed E-state index contributed by atoms with van der Waals surface area (Å²) >= 11 is 0. The number of carbonyl (C=O) groups excluding carboxylic acids is 1. The van der Waals surface area contributed by atoms with Gasteiger partial charge in [0.2, 0.25) is 15.9 Å². The van der Waals surface area contributed by atoms with Gasteiger partial charge in [0.1, 0.15) is 0 Å². The molecule has 1 heterocycles. The van der Waals surface area contributed by atoms with E-state index < -0.39 is 10.0 Å². The zero-order chi connectivity index (χ0) is 17.4. The fourth-order valence-corrected chi connectivity index (χ4v) is 3.96. The molecule has 1 aliphatic rings. The minimum absolute atomic E-state index is 0.00391. The van der Waals surface area contributed by atoms with Gasteiger partial charge in [0.25, 0.3) is 0 Å². The van der Waals surface area contributed by atoms with Crippen LogP contribution in [0.25, 0.3) is 0 Å². The summed E-state index contributed by atoms with van der Waals surface area (Å²) < 4.78 is 27.6. The van der Waals surface area contributed by atoms with Crippen molar-refractivity contribution in [2.24, 2.45) is 0 Å². The maximum Gasteiger partial charge on any atom is 0.240 e. The van der Waals surface area contributed by atoms with Crippen molar-refractivity contribution >= 4 is 15.9 Å². The summed E-state index contributed by atoms with van der Waals surface area (Å²) in [4.78, 5) is 13.8. The average Bonchev–Trinajstić information content (AvgIpc) is 2.78. The molecule has 1 amide bonds. The third-order valence-corrected chi connectivity index (χ3v) is 5.67. The van der Waals surface area contributed by atoms with Crippen molar-refractivity contribution < 1.29 is 13.2 Å². The minimum Gasteiger partial charge on any atom is -0.339 e. The molecule has 128 valence electrons. The lowest BCUT2D eigenvalue weighted by Gasteiger charge is -2.21. The fraction of sp³-hybridized carbons (Fsp3) is 0.588. The summed E-state index contributed by atoms with van der Waals surface area (Å²) in [6.45, 7) is 10.5. The van der Waals surface area contributed by atoms with Crippen molar-refractivity contribution in [2.75, 3.05) is 6.54 Å². The van der Waals surface area contributed by atoms with Gasteiger partial charge in [-0.05, 0) is 37.0 Å². The molecule has 0 saturated carbocycles. The number of hydrogen-bond donors (Lipinski definition) is 1. The van der Waals surface area contributed by atoms with E-state index in [4.69, 9.17) is 0 Å². The highest BCUT2D eigenvalue weighted by atomic mass is 32.2. The summed E-state index contributed by atoms with van der Waals surface area (Å²) in [7, 11) is -3.61. The second-order valence-electron chi connectivity index (χ2n) is 7.44. The summed E-state index contributed by atoms with van der Waals surface area (Å²) in [5, 5.41) is 0. The quantitative estimate of drug-likeness (QED) is 0.916. The van der Waals surface area contributed by atoms with E-state index in [-0.39, 0.29) is 34.7 Å². The van der Waals surface area contributed by atoms with E-state index in [1.807, 2.05) is 26.0 Å². The zero-order valence-corrected chi connectivity index (χ0v) is 15.3. The SMILES string of the molecule is CC(C)N1CC(NS(=O)(=O)c2ccc(C(C)(C)C)cc2)CC1=O. The van der Waals surface area contributed by atoms with Gasteiger partial charge in [-0.2, -0.15) is 0 Å². The van der Waals surface area contributed by atoms with Crippen LogP contribution in [0.15, 0.2) is 29.2 Å². The second-order valence-corrected chi connectivity index (χ2v) is 9.15. The van der Waals surface area contributed by atoms with E-state index in [9.17, 15) is 13.2 Å². The van der Waals surface area contributed by atoms with Crippen molar-refractivity contribution in [3.63, 3.8) is 0 Å². The molecule has 0 aliphatic carbocycles. The molecule has 23 heavy (non-hydrogen) atoms. The maximum absolute atomic E-state index is 12.5. The van der Waals surface area contributed by atoms with Gasteiger partial charge in [-0.25, -0.2) is 13.1 Å². The lowest BCUT2D eigenvalue weighted by atomic mass is 9.87. The molecule has 0 bridgehead atoms. The molecule has 1 N–H and O–H groups in total. The fourth-order valence-electron chi connectivity index (χ4n) is 2.73. The first kappa shape index (κ1) is 17.9. The molecule has 0 aromatic heterocycles. The number of rotatable bonds is 4. The molecule has 1 aromatic carbocycles. The Labute approximate surface area is 139 Å². The van der Waals surface area contributed by atoms with E-state index in [1.54, 1.807) is 17.0 Å². The number of sulfonamides is 1. The average molecular weight is 338 g/mol. The Morgan fingerprint density at radius 1 is 1.17 bits per heavy atom. The number of nitrogens with one attached hydrogen (secondary N) is 1. The molecular weight excluding hydrogens is 312 g/mol. The highest BCUT2D eigenvalue weighted by Gasteiger charge is 2.33. The molecule has 0 radical (unpaired) electrons. The number of amides is 1. The molecular formula is C17H26N2O3S. The molecule has 1 aliphatic heterocycles. The van der Waals surface area contributed by atoms with Gasteiger partial charge in [0.05, 0.1) is 4.90 Å². The van der Waals surface area contributed by atoms with Gasteiger partial charge < -0.3 is 4.90 Å². The van der Waals surface area contributed by atoms with Gasteiger partial charge >= 0.3 is 0 Å². The first-order chi connectivity index (χ1) is 10.5. The normalized spacial score (nSPS) is 19.7. The predicted octanol–water partition coefficient (Wildman–Crippen LogP) is 2.27. The summed E-state index contributed by atoms with van der Waals surface area (Å²) in [6, 6.07) is 6.66. The maximum atomic E-state index is 12.5. The van der Waals surface area contributed by atoms with Crippen LogP contribution in [0.1, 0.15) is 46.6 Å². The standard InChI is InChI=1S/C17H26N2O3S/c1-12(2)19-11-14(10-16(19)20)18-23(21,22)15-8-6-13(7-9-15)17(3,4)5/h6-9,12,14,18H,10-11H2,1-5H3. The largest absolute Gasteiger partial charge is 0.339 e. The van der Waals surface area contributed by atoms with Crippen LogP contribution in [0.4, 0.5) is 0 Å². The van der Waals surface area contributed by atoms with Crippen LogP contribution in [-0.4, -0.2) is 37.9 Å². The summed E-state index contributed by atoms with van der Waals surface area (Å²) in [5.41, 5.74) is 1.06. The van der Waals surface area contributed by atoms with Crippen molar-refractivity contribution in [2.45, 2.75) is 63.4 Å². The van der Waals surface area contributed by atoms with E-state index >= 15 is 0 Å². The summed E-state index contributed by atoms with van der Waals surface area (Å²) in [6.07, 6.45) is 0.220. The summed E-state index contributed by atoms with van der Waals surface area (Å²) in [5.74, 6) is -0.00391. The van der Waals surface area contributed by atoms with Crippen LogP contribution in [0, 0.1) is 0 Å². The molecule has 2 rings (SSSR count). The first-order valence-corrected chi connectivity index (χ1v) is 9.41. The Morgan fingerprint density at radius 2 is 1.74 bits per heavy atom. The van der Waals surface area contributed by atoms with Crippen molar-refractivity contribution in [3.05, 3.63) is 29.8 Å². The van der Waals surface area contributed by atoms with E-state index in [0.29, 0.717) is 6.54 Å². The van der Waals surface area contributed by atoms with Gasteiger partial charge in [-0.15, -0.1) is 0 Å². The molecule has 1 fully saturated rings. The van der Waals surface area contributed by atoms with Crippen LogP contribution < -0.4 is 4.72 Å². The van der Waals surface area contributed by atoms with Crippen molar-refractivity contribution in [3.8, 4) is 0 Å². The Bertz CT molecular complexity index is 673. The highest BCUT2D eigenvalue weighted by molar-refractivity contribution is 7.89. The number of carbonyl (C=O) groups is 1. The zero-order valence-electron chi connectivity index (χ0n) is 14.5. The van der Waals surface area contributed by atoms with E-state index in [0.717, 1.165) is 5.56 Å². The van der Waals surface area contributed by atoms with Gasteiger partial charge in [-0.1, -0.05) is 32.9 Å². The van der Waals surface area contributed by atoms with Crippen LogP contribution in [-0.2, 0) is 20.2 Å². The molecule has 1 saturated heterocycles.